The van der Waals surface area contributed by atoms with E-state index in [1.807, 2.05) is 31.0 Å². The molecule has 2 heterocycles. The third-order valence-electron chi connectivity index (χ3n) is 4.98. The second-order valence-corrected chi connectivity index (χ2v) is 9.71. The van der Waals surface area contributed by atoms with E-state index in [4.69, 9.17) is 11.6 Å². The fourth-order valence-electron chi connectivity index (χ4n) is 3.31. The molecule has 2 aromatic carbocycles. The van der Waals surface area contributed by atoms with Gasteiger partial charge in [0.05, 0.1) is 22.0 Å². The van der Waals surface area contributed by atoms with Crippen LogP contribution in [0.25, 0.3) is 0 Å². The van der Waals surface area contributed by atoms with E-state index >= 15 is 0 Å². The minimum Gasteiger partial charge on any atom is -0.337 e. The summed E-state index contributed by atoms with van der Waals surface area (Å²) in [6.07, 6.45) is -2.83. The first-order valence-corrected chi connectivity index (χ1v) is 11.9. The molecule has 4 rings (SSSR count). The fourth-order valence-corrected chi connectivity index (χ4v) is 5.83. The molecule has 2 aliphatic rings. The zero-order valence-electron chi connectivity index (χ0n) is 17.2. The van der Waals surface area contributed by atoms with Crippen molar-refractivity contribution in [3.63, 3.8) is 0 Å². The molecule has 0 radical (unpaired) electrons. The van der Waals surface area contributed by atoms with Crippen LogP contribution in [0.15, 0.2) is 62.3 Å². The van der Waals surface area contributed by atoms with Crippen LogP contribution in [0, 0.1) is 0 Å². The lowest BCUT2D eigenvalue weighted by Gasteiger charge is -2.16. The van der Waals surface area contributed by atoms with Gasteiger partial charge in [-0.2, -0.15) is 13.2 Å². The number of amidine groups is 1. The van der Waals surface area contributed by atoms with Crippen molar-refractivity contribution in [1.29, 1.82) is 0 Å². The van der Waals surface area contributed by atoms with Gasteiger partial charge in [0.15, 0.2) is 5.17 Å². The Morgan fingerprint density at radius 2 is 1.91 bits per heavy atom. The summed E-state index contributed by atoms with van der Waals surface area (Å²) in [6.45, 7) is 2.46. The number of aliphatic imine (C=N–C) groups is 1. The minimum atomic E-state index is -4.46. The number of carbonyl (C=O) groups is 1. The molecule has 2 aromatic rings. The summed E-state index contributed by atoms with van der Waals surface area (Å²) in [5.41, 5.74) is 0.290. The molecule has 2 aliphatic heterocycles. The fraction of sp³-hybridized carbons (Fsp3) is 0.273. The molecule has 0 bridgehead atoms. The van der Waals surface area contributed by atoms with Crippen LogP contribution in [-0.2, 0) is 11.0 Å². The maximum absolute atomic E-state index is 13.3. The number of benzene rings is 2. The first-order valence-electron chi connectivity index (χ1n) is 9.90. The Hall–Kier alpha value is -2.10. The number of amides is 1. The molecule has 32 heavy (non-hydrogen) atoms. The number of unbranched alkanes of at least 4 members (excludes halogenated alkanes) is 1. The van der Waals surface area contributed by atoms with Gasteiger partial charge < -0.3 is 4.90 Å². The molecule has 1 saturated heterocycles. The average molecular weight is 498 g/mol. The van der Waals surface area contributed by atoms with Gasteiger partial charge in [-0.05, 0) is 54.6 Å². The molecule has 0 aromatic heterocycles. The Balaban J connectivity index is 1.72. The molecule has 0 aliphatic carbocycles. The van der Waals surface area contributed by atoms with Gasteiger partial charge in [0, 0.05) is 23.5 Å². The van der Waals surface area contributed by atoms with Crippen molar-refractivity contribution >= 4 is 57.6 Å². The topological polar surface area (TPSA) is 35.9 Å². The van der Waals surface area contributed by atoms with Gasteiger partial charge in [-0.15, -0.1) is 0 Å². The number of rotatable bonds is 4. The highest BCUT2D eigenvalue weighted by atomic mass is 35.5. The van der Waals surface area contributed by atoms with Crippen molar-refractivity contribution in [2.45, 2.75) is 30.8 Å². The van der Waals surface area contributed by atoms with Crippen LogP contribution in [-0.4, -0.2) is 29.6 Å². The van der Waals surface area contributed by atoms with Crippen LogP contribution in [0.3, 0.4) is 0 Å². The predicted octanol–water partition coefficient (Wildman–Crippen LogP) is 7.13. The van der Waals surface area contributed by atoms with Gasteiger partial charge in [0.25, 0.3) is 5.91 Å². The Kier molecular flexibility index (Phi) is 6.51. The van der Waals surface area contributed by atoms with E-state index in [0.717, 1.165) is 40.6 Å². The third kappa shape index (κ3) is 4.51. The van der Waals surface area contributed by atoms with Crippen molar-refractivity contribution in [1.82, 2.24) is 4.90 Å². The number of fused-ring (bicyclic) bond motifs is 1. The summed E-state index contributed by atoms with van der Waals surface area (Å²) in [7, 11) is 1.86. The molecular formula is C22H19ClF3N3OS2. The van der Waals surface area contributed by atoms with Crippen LogP contribution >= 0.6 is 35.1 Å². The number of anilines is 1. The minimum absolute atomic E-state index is 0.158. The molecule has 4 nitrogen and oxygen atoms in total. The second kappa shape index (κ2) is 9.03. The Morgan fingerprint density at radius 3 is 2.62 bits per heavy atom. The molecule has 1 amide bonds. The quantitative estimate of drug-likeness (QED) is 0.421. The van der Waals surface area contributed by atoms with E-state index < -0.39 is 11.7 Å². The molecule has 10 heteroatoms. The zero-order valence-corrected chi connectivity index (χ0v) is 19.6. The van der Waals surface area contributed by atoms with E-state index in [9.17, 15) is 18.0 Å². The summed E-state index contributed by atoms with van der Waals surface area (Å²) in [4.78, 5) is 22.7. The molecule has 0 unspecified atom stereocenters. The normalized spacial score (nSPS) is 19.9. The lowest BCUT2D eigenvalue weighted by Crippen LogP contribution is -2.30. The van der Waals surface area contributed by atoms with Crippen LogP contribution in [0.4, 0.5) is 24.5 Å². The molecule has 0 atom stereocenters. The molecule has 1 fully saturated rings. The average Bonchev–Trinajstić information content (AvgIpc) is 3.22. The van der Waals surface area contributed by atoms with Gasteiger partial charge in [-0.1, -0.05) is 42.8 Å². The summed E-state index contributed by atoms with van der Waals surface area (Å²) < 4.78 is 39.3. The van der Waals surface area contributed by atoms with Gasteiger partial charge in [0.2, 0.25) is 0 Å². The van der Waals surface area contributed by atoms with E-state index in [2.05, 4.69) is 4.99 Å². The third-order valence-corrected chi connectivity index (χ3v) is 7.65. The molecule has 0 spiro atoms. The zero-order chi connectivity index (χ0) is 23.0. The number of hydrogen-bond acceptors (Lipinski definition) is 5. The van der Waals surface area contributed by atoms with Crippen molar-refractivity contribution in [2.24, 2.45) is 4.99 Å². The predicted molar refractivity (Wildman–Crippen MR) is 125 cm³/mol. The largest absolute Gasteiger partial charge is 0.416 e. The monoisotopic (exact) mass is 497 g/mol. The van der Waals surface area contributed by atoms with Crippen LogP contribution in [0.2, 0.25) is 5.02 Å². The number of nitrogens with zero attached hydrogens (tertiary/aromatic N) is 3. The highest BCUT2D eigenvalue weighted by molar-refractivity contribution is 8.19. The molecule has 0 N–H and O–H groups in total. The summed E-state index contributed by atoms with van der Waals surface area (Å²) in [6, 6.07) is 10.4. The van der Waals surface area contributed by atoms with Crippen LogP contribution in [0.5, 0.6) is 0 Å². The maximum Gasteiger partial charge on any atom is 0.416 e. The summed E-state index contributed by atoms with van der Waals surface area (Å²) >= 11 is 8.79. The molecule has 0 saturated carbocycles. The maximum atomic E-state index is 13.3. The molecule has 168 valence electrons. The first-order chi connectivity index (χ1) is 15.2. The SMILES string of the molecule is CCCCN1C(=O)C(=C2Sc3ccc(Cl)cc3N2C)SC1=Nc1cccc(C(F)(F)F)c1. The number of carbonyl (C=O) groups excluding carboxylic acids is 1. The van der Waals surface area contributed by atoms with Crippen molar-refractivity contribution in [3.8, 4) is 0 Å². The number of halogens is 4. The summed E-state index contributed by atoms with van der Waals surface area (Å²) in [5.74, 6) is -0.192. The standard InChI is InChI=1S/C22H19ClF3N3OS2/c1-3-4-10-29-19(30)18(20-28(2)16-12-14(23)8-9-17(16)31-20)32-21(29)27-15-7-5-6-13(11-15)22(24,25)26/h5-9,11-12H,3-4,10H2,1-2H3. The van der Waals surface area contributed by atoms with Crippen molar-refractivity contribution in [2.75, 3.05) is 18.5 Å². The van der Waals surface area contributed by atoms with E-state index in [-0.39, 0.29) is 11.6 Å². The van der Waals surface area contributed by atoms with E-state index in [0.29, 0.717) is 21.6 Å². The lowest BCUT2D eigenvalue weighted by atomic mass is 10.2. The summed E-state index contributed by atoms with van der Waals surface area (Å²) in [5, 5.41) is 1.74. The first kappa shape index (κ1) is 23.1. The van der Waals surface area contributed by atoms with Gasteiger partial charge >= 0.3 is 6.18 Å². The van der Waals surface area contributed by atoms with Gasteiger partial charge in [-0.3, -0.25) is 9.69 Å². The smallest absolute Gasteiger partial charge is 0.337 e. The lowest BCUT2D eigenvalue weighted by molar-refractivity contribution is -0.137. The Bertz CT molecular complexity index is 1130. The van der Waals surface area contributed by atoms with Crippen molar-refractivity contribution < 1.29 is 18.0 Å². The number of thioether (sulfide) groups is 2. The van der Waals surface area contributed by atoms with Gasteiger partial charge in [0.1, 0.15) is 4.91 Å². The second-order valence-electron chi connectivity index (χ2n) is 7.26. The van der Waals surface area contributed by atoms with Crippen molar-refractivity contribution in [3.05, 3.63) is 63.0 Å². The number of hydrogen-bond donors (Lipinski definition) is 0. The Labute approximate surface area is 197 Å². The Morgan fingerprint density at radius 1 is 1.12 bits per heavy atom. The highest BCUT2D eigenvalue weighted by Crippen LogP contribution is 2.50. The van der Waals surface area contributed by atoms with E-state index in [1.165, 1.54) is 35.7 Å². The highest BCUT2D eigenvalue weighted by Gasteiger charge is 2.39. The number of alkyl halides is 3. The van der Waals surface area contributed by atoms with Gasteiger partial charge in [-0.25, -0.2) is 4.99 Å². The van der Waals surface area contributed by atoms with Crippen LogP contribution in [0.1, 0.15) is 25.3 Å². The van der Waals surface area contributed by atoms with E-state index in [1.54, 1.807) is 11.0 Å². The molecular weight excluding hydrogens is 479 g/mol. The van der Waals surface area contributed by atoms with Crippen LogP contribution < -0.4 is 4.90 Å².